The molecule has 0 spiro atoms. The van der Waals surface area contributed by atoms with Crippen molar-refractivity contribution in [3.8, 4) is 0 Å². The maximum Gasteiger partial charge on any atom is 0.239 e. The summed E-state index contributed by atoms with van der Waals surface area (Å²) in [5.41, 5.74) is 6.07. The van der Waals surface area contributed by atoms with Crippen molar-refractivity contribution >= 4 is 24.1 Å². The van der Waals surface area contributed by atoms with E-state index in [0.717, 1.165) is 38.2 Å². The predicted molar refractivity (Wildman–Crippen MR) is 94.7 cm³/mol. The van der Waals surface area contributed by atoms with Gasteiger partial charge in [0, 0.05) is 32.4 Å². The fourth-order valence-corrected chi connectivity index (χ4v) is 2.85. The molecule has 0 aliphatic carbocycles. The highest BCUT2D eigenvalue weighted by Crippen LogP contribution is 2.21. The van der Waals surface area contributed by atoms with Crippen molar-refractivity contribution in [2.24, 2.45) is 11.7 Å². The summed E-state index contributed by atoms with van der Waals surface area (Å²) in [5.74, 6) is 1.20. The molecule has 2 heterocycles. The number of carbonyl (C=O) groups is 1. The van der Waals surface area contributed by atoms with Crippen LogP contribution in [-0.4, -0.2) is 53.2 Å². The van der Waals surface area contributed by atoms with Gasteiger partial charge in [-0.3, -0.25) is 4.79 Å². The van der Waals surface area contributed by atoms with Crippen LogP contribution in [0.15, 0.2) is 18.3 Å². The van der Waals surface area contributed by atoms with Crippen LogP contribution in [0.3, 0.4) is 0 Å². The zero-order chi connectivity index (χ0) is 16.1. The number of likely N-dealkylation sites (tertiary alicyclic amines) is 1. The van der Waals surface area contributed by atoms with Crippen molar-refractivity contribution in [2.75, 3.05) is 25.0 Å². The summed E-state index contributed by atoms with van der Waals surface area (Å²) < 4.78 is 0. The summed E-state index contributed by atoms with van der Waals surface area (Å²) in [6.07, 6.45) is 4.48. The third kappa shape index (κ3) is 4.78. The van der Waals surface area contributed by atoms with Gasteiger partial charge in [-0.2, -0.15) is 5.10 Å². The van der Waals surface area contributed by atoms with Crippen molar-refractivity contribution in [3.05, 3.63) is 18.3 Å². The smallest absolute Gasteiger partial charge is 0.239 e. The summed E-state index contributed by atoms with van der Waals surface area (Å²) in [4.78, 5) is 16.5. The molecule has 1 aromatic rings. The Bertz CT molecular complexity index is 479. The van der Waals surface area contributed by atoms with Crippen LogP contribution in [0.1, 0.15) is 33.1 Å². The first-order chi connectivity index (χ1) is 10.5. The van der Waals surface area contributed by atoms with Gasteiger partial charge in [0.2, 0.25) is 5.91 Å². The van der Waals surface area contributed by atoms with Gasteiger partial charge in [0.15, 0.2) is 5.82 Å². The SMILES string of the molecule is CCC(C)C(N)C(=O)N1CCC(N(C)c2cccnn2)CC1.Cl. The molecule has 0 aromatic carbocycles. The number of anilines is 1. The van der Waals surface area contributed by atoms with E-state index in [2.05, 4.69) is 22.0 Å². The summed E-state index contributed by atoms with van der Waals surface area (Å²) in [6.45, 7) is 5.63. The Hall–Kier alpha value is -1.40. The number of halogens is 1. The molecule has 2 unspecified atom stereocenters. The van der Waals surface area contributed by atoms with Crippen molar-refractivity contribution in [1.29, 1.82) is 0 Å². The molecule has 1 amide bonds. The number of nitrogens with two attached hydrogens (primary N) is 1. The van der Waals surface area contributed by atoms with E-state index in [9.17, 15) is 4.79 Å². The Morgan fingerprint density at radius 3 is 2.65 bits per heavy atom. The Morgan fingerprint density at radius 1 is 1.48 bits per heavy atom. The van der Waals surface area contributed by atoms with Crippen molar-refractivity contribution < 1.29 is 4.79 Å². The van der Waals surface area contributed by atoms with E-state index in [0.29, 0.717) is 6.04 Å². The van der Waals surface area contributed by atoms with Gasteiger partial charge < -0.3 is 15.5 Å². The highest BCUT2D eigenvalue weighted by Gasteiger charge is 2.30. The maximum absolute atomic E-state index is 12.4. The monoisotopic (exact) mass is 341 g/mol. The average Bonchev–Trinajstić information content (AvgIpc) is 2.60. The van der Waals surface area contributed by atoms with Gasteiger partial charge in [0.05, 0.1) is 6.04 Å². The van der Waals surface area contributed by atoms with Gasteiger partial charge in [-0.1, -0.05) is 20.3 Å². The number of nitrogens with zero attached hydrogens (tertiary/aromatic N) is 4. The first-order valence-electron chi connectivity index (χ1n) is 8.09. The summed E-state index contributed by atoms with van der Waals surface area (Å²) >= 11 is 0. The molecule has 0 radical (unpaired) electrons. The molecule has 2 N–H and O–H groups in total. The highest BCUT2D eigenvalue weighted by atomic mass is 35.5. The first kappa shape index (κ1) is 19.6. The number of aromatic nitrogens is 2. The Balaban J connectivity index is 0.00000264. The van der Waals surface area contributed by atoms with Crippen LogP contribution < -0.4 is 10.6 Å². The molecule has 130 valence electrons. The lowest BCUT2D eigenvalue weighted by Crippen LogP contribution is -2.52. The lowest BCUT2D eigenvalue weighted by Gasteiger charge is -2.38. The largest absolute Gasteiger partial charge is 0.355 e. The predicted octanol–water partition coefficient (Wildman–Crippen LogP) is 1.70. The number of hydrogen-bond donors (Lipinski definition) is 1. The van der Waals surface area contributed by atoms with Crippen LogP contribution >= 0.6 is 12.4 Å². The molecule has 1 saturated heterocycles. The number of amides is 1. The van der Waals surface area contributed by atoms with E-state index in [-0.39, 0.29) is 30.3 Å². The van der Waals surface area contributed by atoms with Gasteiger partial charge in [0.25, 0.3) is 0 Å². The molecule has 23 heavy (non-hydrogen) atoms. The zero-order valence-corrected chi connectivity index (χ0v) is 15.0. The molecule has 2 rings (SSSR count). The van der Waals surface area contributed by atoms with Crippen LogP contribution in [0.4, 0.5) is 5.82 Å². The number of piperidine rings is 1. The van der Waals surface area contributed by atoms with Gasteiger partial charge >= 0.3 is 0 Å². The van der Waals surface area contributed by atoms with E-state index >= 15 is 0 Å². The van der Waals surface area contributed by atoms with E-state index in [1.54, 1.807) is 6.20 Å². The number of rotatable bonds is 5. The minimum absolute atomic E-state index is 0. The second kappa shape index (κ2) is 9.03. The molecule has 1 aliphatic rings. The van der Waals surface area contributed by atoms with E-state index in [4.69, 9.17) is 5.73 Å². The minimum Gasteiger partial charge on any atom is -0.355 e. The van der Waals surface area contributed by atoms with Crippen LogP contribution in [0.5, 0.6) is 0 Å². The first-order valence-corrected chi connectivity index (χ1v) is 8.09. The number of hydrogen-bond acceptors (Lipinski definition) is 5. The zero-order valence-electron chi connectivity index (χ0n) is 14.2. The molecule has 1 aliphatic heterocycles. The molecular weight excluding hydrogens is 314 g/mol. The average molecular weight is 342 g/mol. The van der Waals surface area contributed by atoms with Gasteiger partial charge in [-0.25, -0.2) is 0 Å². The molecule has 1 fully saturated rings. The number of carbonyl (C=O) groups excluding carboxylic acids is 1. The molecule has 6 nitrogen and oxygen atoms in total. The van der Waals surface area contributed by atoms with Crippen molar-refractivity contribution in [1.82, 2.24) is 15.1 Å². The molecule has 2 atom stereocenters. The van der Waals surface area contributed by atoms with Gasteiger partial charge in [-0.15, -0.1) is 17.5 Å². The maximum atomic E-state index is 12.4. The molecular formula is C16H28ClN5O. The summed E-state index contributed by atoms with van der Waals surface area (Å²) in [6, 6.07) is 3.87. The Kier molecular flexibility index (Phi) is 7.72. The van der Waals surface area contributed by atoms with E-state index < -0.39 is 0 Å². The van der Waals surface area contributed by atoms with E-state index in [1.165, 1.54) is 0 Å². The van der Waals surface area contributed by atoms with Crippen LogP contribution in [0.2, 0.25) is 0 Å². The molecule has 0 saturated carbocycles. The second-order valence-corrected chi connectivity index (χ2v) is 6.16. The standard InChI is InChI=1S/C16H27N5O.ClH/c1-4-12(2)15(17)16(22)21-10-7-13(8-11-21)20(3)14-6-5-9-18-19-14;/h5-6,9,12-13,15H,4,7-8,10-11,17H2,1-3H3;1H. The molecule has 1 aromatic heterocycles. The third-order valence-corrected chi connectivity index (χ3v) is 4.79. The fourth-order valence-electron chi connectivity index (χ4n) is 2.85. The summed E-state index contributed by atoms with van der Waals surface area (Å²) in [7, 11) is 2.04. The Morgan fingerprint density at radius 2 is 2.13 bits per heavy atom. The molecule has 0 bridgehead atoms. The van der Waals surface area contributed by atoms with Crippen molar-refractivity contribution in [2.45, 2.75) is 45.2 Å². The topological polar surface area (TPSA) is 75.4 Å². The van der Waals surface area contributed by atoms with Crippen LogP contribution in [-0.2, 0) is 4.79 Å². The fraction of sp³-hybridized carbons (Fsp3) is 0.688. The summed E-state index contributed by atoms with van der Waals surface area (Å²) in [5, 5.41) is 8.07. The minimum atomic E-state index is -0.376. The van der Waals surface area contributed by atoms with Crippen molar-refractivity contribution in [3.63, 3.8) is 0 Å². The highest BCUT2D eigenvalue weighted by molar-refractivity contribution is 5.85. The Labute approximate surface area is 144 Å². The third-order valence-electron chi connectivity index (χ3n) is 4.79. The second-order valence-electron chi connectivity index (χ2n) is 6.16. The lowest BCUT2D eigenvalue weighted by molar-refractivity contribution is -0.134. The normalized spacial score (nSPS) is 18.0. The van der Waals surface area contributed by atoms with Crippen LogP contribution in [0.25, 0.3) is 0 Å². The quantitative estimate of drug-likeness (QED) is 0.882. The molecule has 7 heteroatoms. The lowest BCUT2D eigenvalue weighted by atomic mass is 9.97. The van der Waals surface area contributed by atoms with Crippen LogP contribution in [0, 0.1) is 5.92 Å². The van der Waals surface area contributed by atoms with E-state index in [1.807, 2.05) is 31.0 Å². The van der Waals surface area contributed by atoms with Gasteiger partial charge in [-0.05, 0) is 30.9 Å². The van der Waals surface area contributed by atoms with Gasteiger partial charge in [0.1, 0.15) is 0 Å².